The number of carboxylic acids is 1. The van der Waals surface area contributed by atoms with Gasteiger partial charge >= 0.3 is 5.97 Å². The van der Waals surface area contributed by atoms with Gasteiger partial charge in [-0.25, -0.2) is 4.79 Å². The maximum absolute atomic E-state index is 10.2. The van der Waals surface area contributed by atoms with Crippen LogP contribution in [0.3, 0.4) is 0 Å². The third-order valence-electron chi connectivity index (χ3n) is 2.02. The predicted octanol–water partition coefficient (Wildman–Crippen LogP) is 2.05. The highest BCUT2D eigenvalue weighted by Crippen LogP contribution is 2.19. The number of carboxylic acid groups (broad SMARTS) is 1. The van der Waals surface area contributed by atoms with Crippen LogP contribution in [0.15, 0.2) is 17.7 Å². The number of aliphatic carboxylic acids is 1. The van der Waals surface area contributed by atoms with Crippen LogP contribution in [0.2, 0.25) is 0 Å². The van der Waals surface area contributed by atoms with Gasteiger partial charge in [-0.05, 0) is 30.4 Å². The van der Waals surface area contributed by atoms with E-state index < -0.39 is 5.97 Å². The molecule has 0 spiro atoms. The van der Waals surface area contributed by atoms with Gasteiger partial charge in [0.25, 0.3) is 0 Å². The third kappa shape index (κ3) is 2.88. The quantitative estimate of drug-likeness (QED) is 0.749. The Labute approximate surface area is 87.1 Å². The number of carbonyl (C=O) groups is 1. The predicted molar refractivity (Wildman–Crippen MR) is 57.4 cm³/mol. The number of hydrogen-bond donors (Lipinski definition) is 2. The average Bonchev–Trinajstić information content (AvgIpc) is 2.43. The van der Waals surface area contributed by atoms with Crippen molar-refractivity contribution in [2.75, 3.05) is 0 Å². The minimum Gasteiger partial charge on any atom is -0.478 e. The van der Waals surface area contributed by atoms with Crippen LogP contribution >= 0.6 is 11.3 Å². The molecule has 0 aliphatic heterocycles. The second kappa shape index (κ2) is 4.81. The van der Waals surface area contributed by atoms with E-state index >= 15 is 0 Å². The van der Waals surface area contributed by atoms with E-state index in [0.717, 1.165) is 6.08 Å². The standard InChI is InChI=1S/C10H13NO2S/c1-7-8(2)14-6-9(7)5-11-4-3-10(12)13/h3-4,6,11H,5H2,1-2H3,(H,12,13)/b4-3+. The molecule has 3 nitrogen and oxygen atoms in total. The van der Waals surface area contributed by atoms with Crippen molar-refractivity contribution in [1.29, 1.82) is 0 Å². The van der Waals surface area contributed by atoms with Crippen LogP contribution in [0.25, 0.3) is 0 Å². The summed E-state index contributed by atoms with van der Waals surface area (Å²) in [6, 6.07) is 0. The monoisotopic (exact) mass is 211 g/mol. The lowest BCUT2D eigenvalue weighted by molar-refractivity contribution is -0.131. The Bertz CT molecular complexity index is 355. The lowest BCUT2D eigenvalue weighted by Gasteiger charge is -1.99. The van der Waals surface area contributed by atoms with Gasteiger partial charge in [-0.1, -0.05) is 0 Å². The Morgan fingerprint density at radius 1 is 1.64 bits per heavy atom. The van der Waals surface area contributed by atoms with Crippen LogP contribution in [-0.2, 0) is 11.3 Å². The molecule has 2 N–H and O–H groups in total. The first-order chi connectivity index (χ1) is 6.61. The summed E-state index contributed by atoms with van der Waals surface area (Å²) in [5.41, 5.74) is 2.51. The summed E-state index contributed by atoms with van der Waals surface area (Å²) in [5.74, 6) is -0.935. The zero-order valence-electron chi connectivity index (χ0n) is 8.20. The number of nitrogens with one attached hydrogen (secondary N) is 1. The third-order valence-corrected chi connectivity index (χ3v) is 3.09. The van der Waals surface area contributed by atoms with E-state index in [-0.39, 0.29) is 0 Å². The van der Waals surface area contributed by atoms with Crippen molar-refractivity contribution in [2.24, 2.45) is 0 Å². The minimum absolute atomic E-state index is 0.681. The second-order valence-corrected chi connectivity index (χ2v) is 4.08. The Morgan fingerprint density at radius 2 is 2.36 bits per heavy atom. The molecule has 1 rings (SSSR count). The van der Waals surface area contributed by atoms with Crippen molar-refractivity contribution in [2.45, 2.75) is 20.4 Å². The molecule has 0 radical (unpaired) electrons. The molecule has 0 saturated carbocycles. The summed E-state index contributed by atoms with van der Waals surface area (Å²) in [6.45, 7) is 4.83. The summed E-state index contributed by atoms with van der Waals surface area (Å²) in [7, 11) is 0. The summed E-state index contributed by atoms with van der Waals surface area (Å²) >= 11 is 1.71. The number of hydrogen-bond acceptors (Lipinski definition) is 3. The van der Waals surface area contributed by atoms with Gasteiger partial charge in [-0.15, -0.1) is 11.3 Å². The van der Waals surface area contributed by atoms with Crippen molar-refractivity contribution < 1.29 is 9.90 Å². The van der Waals surface area contributed by atoms with Gasteiger partial charge in [-0.3, -0.25) is 0 Å². The topological polar surface area (TPSA) is 49.3 Å². The Balaban J connectivity index is 2.46. The summed E-state index contributed by atoms with van der Waals surface area (Å²) < 4.78 is 0. The summed E-state index contributed by atoms with van der Waals surface area (Å²) in [4.78, 5) is 11.5. The van der Waals surface area contributed by atoms with Gasteiger partial charge in [0.1, 0.15) is 0 Å². The molecule has 0 aliphatic carbocycles. The van der Waals surface area contributed by atoms with Gasteiger partial charge < -0.3 is 10.4 Å². The fraction of sp³-hybridized carbons (Fsp3) is 0.300. The molecule has 1 aromatic heterocycles. The first-order valence-corrected chi connectivity index (χ1v) is 5.15. The maximum atomic E-state index is 10.2. The molecule has 1 aromatic rings. The van der Waals surface area contributed by atoms with E-state index in [4.69, 9.17) is 5.11 Å². The molecular weight excluding hydrogens is 198 g/mol. The van der Waals surface area contributed by atoms with E-state index in [1.807, 2.05) is 0 Å². The van der Waals surface area contributed by atoms with E-state index in [2.05, 4.69) is 24.5 Å². The highest BCUT2D eigenvalue weighted by Gasteiger charge is 2.01. The smallest absolute Gasteiger partial charge is 0.329 e. The molecule has 4 heteroatoms. The zero-order valence-corrected chi connectivity index (χ0v) is 9.02. The van der Waals surface area contributed by atoms with Crippen LogP contribution in [0.5, 0.6) is 0 Å². The van der Waals surface area contributed by atoms with E-state index in [1.165, 1.54) is 22.2 Å². The highest BCUT2D eigenvalue weighted by molar-refractivity contribution is 7.10. The Hall–Kier alpha value is -1.29. The van der Waals surface area contributed by atoms with Crippen molar-refractivity contribution in [3.05, 3.63) is 33.7 Å². The van der Waals surface area contributed by atoms with E-state index in [9.17, 15) is 4.79 Å². The SMILES string of the molecule is Cc1scc(CN/C=C/C(=O)O)c1C. The van der Waals surface area contributed by atoms with Crippen LogP contribution in [0.4, 0.5) is 0 Å². The average molecular weight is 211 g/mol. The fourth-order valence-electron chi connectivity index (χ4n) is 1.04. The first-order valence-electron chi connectivity index (χ1n) is 4.27. The molecule has 0 bridgehead atoms. The number of aryl methyl sites for hydroxylation is 1. The highest BCUT2D eigenvalue weighted by atomic mass is 32.1. The fourth-order valence-corrected chi connectivity index (χ4v) is 1.92. The van der Waals surface area contributed by atoms with Crippen LogP contribution in [0.1, 0.15) is 16.0 Å². The molecule has 0 atom stereocenters. The molecule has 0 aliphatic rings. The van der Waals surface area contributed by atoms with Crippen LogP contribution in [0, 0.1) is 13.8 Å². The van der Waals surface area contributed by atoms with Gasteiger partial charge in [0, 0.05) is 23.7 Å². The zero-order chi connectivity index (χ0) is 10.6. The molecule has 0 aromatic carbocycles. The minimum atomic E-state index is -0.935. The largest absolute Gasteiger partial charge is 0.478 e. The van der Waals surface area contributed by atoms with E-state index in [0.29, 0.717) is 6.54 Å². The first kappa shape index (κ1) is 10.8. The second-order valence-electron chi connectivity index (χ2n) is 2.99. The molecule has 0 unspecified atom stereocenters. The van der Waals surface area contributed by atoms with Crippen molar-refractivity contribution in [1.82, 2.24) is 5.32 Å². The lowest BCUT2D eigenvalue weighted by Crippen LogP contribution is -2.05. The normalized spacial score (nSPS) is 10.7. The molecular formula is C10H13NO2S. The summed E-state index contributed by atoms with van der Waals surface area (Å²) in [6.07, 6.45) is 2.54. The van der Waals surface area contributed by atoms with Gasteiger partial charge in [0.05, 0.1) is 0 Å². The molecule has 1 heterocycles. The Kier molecular flexibility index (Phi) is 3.71. The van der Waals surface area contributed by atoms with Crippen molar-refractivity contribution >= 4 is 17.3 Å². The number of thiophene rings is 1. The molecule has 0 amide bonds. The van der Waals surface area contributed by atoms with Gasteiger partial charge in [0.2, 0.25) is 0 Å². The molecule has 0 saturated heterocycles. The van der Waals surface area contributed by atoms with Gasteiger partial charge in [0.15, 0.2) is 0 Å². The molecule has 76 valence electrons. The van der Waals surface area contributed by atoms with Gasteiger partial charge in [-0.2, -0.15) is 0 Å². The van der Waals surface area contributed by atoms with E-state index in [1.54, 1.807) is 11.3 Å². The summed E-state index contributed by atoms with van der Waals surface area (Å²) in [5, 5.41) is 13.4. The Morgan fingerprint density at radius 3 is 2.86 bits per heavy atom. The van der Waals surface area contributed by atoms with Crippen LogP contribution in [-0.4, -0.2) is 11.1 Å². The van der Waals surface area contributed by atoms with Crippen LogP contribution < -0.4 is 5.32 Å². The molecule has 14 heavy (non-hydrogen) atoms. The number of rotatable bonds is 4. The van der Waals surface area contributed by atoms with Crippen molar-refractivity contribution in [3.8, 4) is 0 Å². The lowest BCUT2D eigenvalue weighted by atomic mass is 10.2. The molecule has 0 fully saturated rings. The maximum Gasteiger partial charge on any atom is 0.329 e. The van der Waals surface area contributed by atoms with Crippen molar-refractivity contribution in [3.63, 3.8) is 0 Å².